The van der Waals surface area contributed by atoms with Gasteiger partial charge in [-0.05, 0) is 49.8 Å². The highest BCUT2D eigenvalue weighted by molar-refractivity contribution is 9.10. The van der Waals surface area contributed by atoms with Crippen molar-refractivity contribution in [3.63, 3.8) is 0 Å². The van der Waals surface area contributed by atoms with Crippen LogP contribution in [0.1, 0.15) is 49.3 Å². The summed E-state index contributed by atoms with van der Waals surface area (Å²) in [4.78, 5) is 14.5. The van der Waals surface area contributed by atoms with Crippen LogP contribution in [0, 0.1) is 6.92 Å². The molecule has 0 radical (unpaired) electrons. The summed E-state index contributed by atoms with van der Waals surface area (Å²) >= 11 is 3.66. The normalized spacial score (nSPS) is 27.6. The largest absolute Gasteiger partial charge is 0.331 e. The summed E-state index contributed by atoms with van der Waals surface area (Å²) in [5.74, 6) is 0.276. The van der Waals surface area contributed by atoms with Gasteiger partial charge in [0.05, 0.1) is 6.04 Å². The molecule has 0 spiro atoms. The van der Waals surface area contributed by atoms with Crippen LogP contribution in [0.15, 0.2) is 22.7 Å². The number of rotatable bonds is 2. The van der Waals surface area contributed by atoms with Gasteiger partial charge in [0.1, 0.15) is 0 Å². The van der Waals surface area contributed by atoms with Crippen molar-refractivity contribution < 1.29 is 4.79 Å². The average Bonchev–Trinajstić information content (AvgIpc) is 3.20. The number of likely N-dealkylation sites (tertiary alicyclic amines) is 1. The standard InChI is InChI=1S/C16H21BrN2O/c1-10-5-8-12(13(17)9-10)16-14(18)3-2-4-15(20)19(16)11-6-7-11/h5,8-9,11,14,16H,2-4,6-7,18H2,1H3. The molecule has 4 heteroatoms. The summed E-state index contributed by atoms with van der Waals surface area (Å²) in [6.45, 7) is 2.07. The van der Waals surface area contributed by atoms with Crippen LogP contribution in [-0.4, -0.2) is 22.9 Å². The summed E-state index contributed by atoms with van der Waals surface area (Å²) < 4.78 is 1.07. The van der Waals surface area contributed by atoms with E-state index in [1.165, 1.54) is 5.56 Å². The number of nitrogens with two attached hydrogens (primary N) is 1. The molecule has 2 N–H and O–H groups in total. The molecule has 3 rings (SSSR count). The molecule has 20 heavy (non-hydrogen) atoms. The number of aryl methyl sites for hydroxylation is 1. The SMILES string of the molecule is Cc1ccc(C2C(N)CCCC(=O)N2C2CC2)c(Br)c1. The first-order chi connectivity index (χ1) is 9.58. The van der Waals surface area contributed by atoms with Crippen molar-refractivity contribution in [3.8, 4) is 0 Å². The fourth-order valence-corrected chi connectivity index (χ4v) is 3.90. The summed E-state index contributed by atoms with van der Waals surface area (Å²) in [6, 6.07) is 6.80. The van der Waals surface area contributed by atoms with Crippen LogP contribution in [0.2, 0.25) is 0 Å². The molecule has 1 aliphatic carbocycles. The van der Waals surface area contributed by atoms with Gasteiger partial charge in [0.2, 0.25) is 5.91 Å². The molecular weight excluding hydrogens is 316 g/mol. The quantitative estimate of drug-likeness (QED) is 0.900. The lowest BCUT2D eigenvalue weighted by atomic mass is 9.95. The lowest BCUT2D eigenvalue weighted by Crippen LogP contribution is -2.43. The van der Waals surface area contributed by atoms with Gasteiger partial charge in [-0.1, -0.05) is 28.1 Å². The Hall–Kier alpha value is -0.870. The molecule has 2 unspecified atom stereocenters. The van der Waals surface area contributed by atoms with Crippen LogP contribution in [0.4, 0.5) is 0 Å². The lowest BCUT2D eigenvalue weighted by molar-refractivity contribution is -0.133. The van der Waals surface area contributed by atoms with Crippen LogP contribution >= 0.6 is 15.9 Å². The highest BCUT2D eigenvalue weighted by Gasteiger charge is 2.42. The maximum absolute atomic E-state index is 12.5. The molecular formula is C16H21BrN2O. The van der Waals surface area contributed by atoms with E-state index >= 15 is 0 Å². The second kappa shape index (κ2) is 5.49. The molecule has 3 nitrogen and oxygen atoms in total. The number of carbonyl (C=O) groups is 1. The van der Waals surface area contributed by atoms with Gasteiger partial charge in [0.25, 0.3) is 0 Å². The van der Waals surface area contributed by atoms with Gasteiger partial charge < -0.3 is 10.6 Å². The molecule has 0 bridgehead atoms. The molecule has 108 valence electrons. The minimum atomic E-state index is 0.0208. The first-order valence-corrected chi connectivity index (χ1v) is 8.20. The fraction of sp³-hybridized carbons (Fsp3) is 0.562. The Labute approximate surface area is 128 Å². The lowest BCUT2D eigenvalue weighted by Gasteiger charge is -2.35. The summed E-state index contributed by atoms with van der Waals surface area (Å²) in [5.41, 5.74) is 8.79. The van der Waals surface area contributed by atoms with Crippen molar-refractivity contribution in [2.45, 2.75) is 57.2 Å². The van der Waals surface area contributed by atoms with Crippen molar-refractivity contribution in [3.05, 3.63) is 33.8 Å². The maximum Gasteiger partial charge on any atom is 0.223 e. The molecule has 0 aromatic heterocycles. The van der Waals surface area contributed by atoms with E-state index in [9.17, 15) is 4.79 Å². The number of carbonyl (C=O) groups excluding carboxylic acids is 1. The molecule has 1 aliphatic heterocycles. The van der Waals surface area contributed by atoms with Gasteiger partial charge >= 0.3 is 0 Å². The molecule has 2 fully saturated rings. The number of hydrogen-bond donors (Lipinski definition) is 1. The number of amides is 1. The van der Waals surface area contributed by atoms with Crippen molar-refractivity contribution in [2.24, 2.45) is 5.73 Å². The van der Waals surface area contributed by atoms with E-state index in [4.69, 9.17) is 5.73 Å². The third-order valence-corrected chi connectivity index (χ3v) is 5.02. The maximum atomic E-state index is 12.5. The van der Waals surface area contributed by atoms with E-state index in [0.29, 0.717) is 12.5 Å². The Morgan fingerprint density at radius 1 is 1.30 bits per heavy atom. The Morgan fingerprint density at radius 2 is 2.05 bits per heavy atom. The predicted octanol–water partition coefficient (Wildman–Crippen LogP) is 3.30. The zero-order chi connectivity index (χ0) is 14.3. The van der Waals surface area contributed by atoms with Crippen molar-refractivity contribution in [1.29, 1.82) is 0 Å². The summed E-state index contributed by atoms with van der Waals surface area (Å²) in [5, 5.41) is 0. The molecule has 1 aromatic carbocycles. The molecule has 1 aromatic rings. The number of benzene rings is 1. The smallest absolute Gasteiger partial charge is 0.223 e. The minimum absolute atomic E-state index is 0.0208. The second-order valence-corrected chi connectivity index (χ2v) is 6.91. The van der Waals surface area contributed by atoms with Crippen LogP contribution in [0.25, 0.3) is 0 Å². The zero-order valence-electron chi connectivity index (χ0n) is 11.8. The molecule has 1 saturated carbocycles. The minimum Gasteiger partial charge on any atom is -0.331 e. The van der Waals surface area contributed by atoms with Crippen molar-refractivity contribution in [2.75, 3.05) is 0 Å². The van der Waals surface area contributed by atoms with Crippen LogP contribution in [0.5, 0.6) is 0 Å². The van der Waals surface area contributed by atoms with E-state index < -0.39 is 0 Å². The summed E-state index contributed by atoms with van der Waals surface area (Å²) in [6.07, 6.45) is 4.71. The Morgan fingerprint density at radius 3 is 2.70 bits per heavy atom. The van der Waals surface area contributed by atoms with Crippen LogP contribution in [0.3, 0.4) is 0 Å². The average molecular weight is 337 g/mol. The topological polar surface area (TPSA) is 46.3 Å². The van der Waals surface area contributed by atoms with E-state index in [-0.39, 0.29) is 18.0 Å². The molecule has 1 saturated heterocycles. The highest BCUT2D eigenvalue weighted by Crippen LogP contribution is 2.41. The van der Waals surface area contributed by atoms with Crippen molar-refractivity contribution in [1.82, 2.24) is 4.90 Å². The molecule has 2 aliphatic rings. The Balaban J connectivity index is 2.02. The Kier molecular flexibility index (Phi) is 3.87. The predicted molar refractivity (Wildman–Crippen MR) is 83.3 cm³/mol. The number of nitrogens with zero attached hydrogens (tertiary/aromatic N) is 1. The van der Waals surface area contributed by atoms with E-state index in [0.717, 1.165) is 35.7 Å². The van der Waals surface area contributed by atoms with Gasteiger partial charge in [-0.2, -0.15) is 0 Å². The molecule has 1 heterocycles. The third kappa shape index (κ3) is 2.63. The van der Waals surface area contributed by atoms with E-state index in [2.05, 4.69) is 46.0 Å². The Bertz CT molecular complexity index is 527. The van der Waals surface area contributed by atoms with Gasteiger partial charge in [0, 0.05) is 23.0 Å². The molecule has 2 atom stereocenters. The van der Waals surface area contributed by atoms with E-state index in [1.807, 2.05) is 0 Å². The fourth-order valence-electron chi connectivity index (χ4n) is 3.17. The van der Waals surface area contributed by atoms with Gasteiger partial charge in [-0.3, -0.25) is 4.79 Å². The first-order valence-electron chi connectivity index (χ1n) is 7.40. The number of halogens is 1. The third-order valence-electron chi connectivity index (χ3n) is 4.34. The second-order valence-electron chi connectivity index (χ2n) is 6.06. The van der Waals surface area contributed by atoms with Crippen molar-refractivity contribution >= 4 is 21.8 Å². The van der Waals surface area contributed by atoms with Gasteiger partial charge in [-0.25, -0.2) is 0 Å². The van der Waals surface area contributed by atoms with Crippen LogP contribution < -0.4 is 5.73 Å². The number of hydrogen-bond acceptors (Lipinski definition) is 2. The summed E-state index contributed by atoms with van der Waals surface area (Å²) in [7, 11) is 0. The zero-order valence-corrected chi connectivity index (χ0v) is 13.4. The first kappa shape index (κ1) is 14.1. The van der Waals surface area contributed by atoms with Gasteiger partial charge in [-0.15, -0.1) is 0 Å². The van der Waals surface area contributed by atoms with Gasteiger partial charge in [0.15, 0.2) is 0 Å². The highest BCUT2D eigenvalue weighted by atomic mass is 79.9. The van der Waals surface area contributed by atoms with E-state index in [1.54, 1.807) is 0 Å². The van der Waals surface area contributed by atoms with Crippen LogP contribution in [-0.2, 0) is 4.79 Å². The monoisotopic (exact) mass is 336 g/mol. The molecule has 1 amide bonds.